The second-order valence-electron chi connectivity index (χ2n) is 5.21. The lowest BCUT2D eigenvalue weighted by atomic mass is 10.2. The highest BCUT2D eigenvalue weighted by Gasteiger charge is 2.16. The first-order valence-electron chi connectivity index (χ1n) is 7.18. The zero-order valence-electron chi connectivity index (χ0n) is 12.2. The van der Waals surface area contributed by atoms with Crippen molar-refractivity contribution in [3.8, 4) is 0 Å². The van der Waals surface area contributed by atoms with Crippen molar-refractivity contribution < 1.29 is 0 Å². The van der Waals surface area contributed by atoms with Crippen LogP contribution >= 0.6 is 0 Å². The molecule has 8 heteroatoms. The van der Waals surface area contributed by atoms with Crippen LogP contribution in [-0.2, 0) is 13.5 Å². The van der Waals surface area contributed by atoms with Crippen molar-refractivity contribution in [2.24, 2.45) is 7.05 Å². The number of nitrogens with one attached hydrogen (secondary N) is 1. The van der Waals surface area contributed by atoms with Gasteiger partial charge in [0.05, 0.1) is 6.20 Å². The normalized spacial score (nSPS) is 14.6. The van der Waals surface area contributed by atoms with E-state index >= 15 is 0 Å². The minimum Gasteiger partial charge on any atom is -0.368 e. The van der Waals surface area contributed by atoms with Gasteiger partial charge in [-0.15, -0.1) is 0 Å². The van der Waals surface area contributed by atoms with Crippen LogP contribution in [0.3, 0.4) is 0 Å². The Kier molecular flexibility index (Phi) is 3.85. The van der Waals surface area contributed by atoms with Gasteiger partial charge in [-0.25, -0.2) is 0 Å². The Hall–Kier alpha value is -2.38. The summed E-state index contributed by atoms with van der Waals surface area (Å²) in [5.41, 5.74) is 6.94. The van der Waals surface area contributed by atoms with E-state index in [0.29, 0.717) is 11.9 Å². The minimum absolute atomic E-state index is 0.260. The standard InChI is InChI=1S/C13H20N8/c1-20-9-10(8-16-20)4-5-15-12-17-11(14)18-13(19-12)21-6-2-3-7-21/h8-9H,2-7H2,1H3,(H3,14,15,17,18,19). The van der Waals surface area contributed by atoms with Crippen LogP contribution in [0.2, 0.25) is 0 Å². The molecule has 1 aliphatic rings. The van der Waals surface area contributed by atoms with Crippen molar-refractivity contribution in [1.29, 1.82) is 0 Å². The molecule has 112 valence electrons. The van der Waals surface area contributed by atoms with Crippen LogP contribution in [0.25, 0.3) is 0 Å². The maximum Gasteiger partial charge on any atom is 0.231 e. The zero-order chi connectivity index (χ0) is 14.7. The molecular weight excluding hydrogens is 268 g/mol. The highest BCUT2D eigenvalue weighted by Crippen LogP contribution is 2.17. The summed E-state index contributed by atoms with van der Waals surface area (Å²) in [4.78, 5) is 14.9. The molecule has 21 heavy (non-hydrogen) atoms. The molecule has 0 unspecified atom stereocenters. The third kappa shape index (κ3) is 3.39. The number of hydrogen-bond acceptors (Lipinski definition) is 7. The van der Waals surface area contributed by atoms with Crippen molar-refractivity contribution in [2.75, 3.05) is 35.6 Å². The first-order chi connectivity index (χ1) is 10.2. The van der Waals surface area contributed by atoms with Gasteiger partial charge in [-0.3, -0.25) is 4.68 Å². The summed E-state index contributed by atoms with van der Waals surface area (Å²) in [5.74, 6) is 1.47. The van der Waals surface area contributed by atoms with Gasteiger partial charge in [-0.2, -0.15) is 20.1 Å². The van der Waals surface area contributed by atoms with Gasteiger partial charge in [-0.05, 0) is 24.8 Å². The van der Waals surface area contributed by atoms with Crippen LogP contribution in [-0.4, -0.2) is 44.4 Å². The van der Waals surface area contributed by atoms with Crippen LogP contribution in [0.1, 0.15) is 18.4 Å². The quantitative estimate of drug-likeness (QED) is 0.824. The Bertz CT molecular complexity index is 602. The molecule has 0 atom stereocenters. The van der Waals surface area contributed by atoms with Crippen molar-refractivity contribution in [3.63, 3.8) is 0 Å². The van der Waals surface area contributed by atoms with Gasteiger partial charge in [0.15, 0.2) is 0 Å². The average Bonchev–Trinajstić information content (AvgIpc) is 3.10. The first-order valence-corrected chi connectivity index (χ1v) is 7.18. The SMILES string of the molecule is Cn1cc(CCNc2nc(N)nc(N3CCCC3)n2)cn1. The molecule has 0 bridgehead atoms. The minimum atomic E-state index is 0.260. The number of rotatable bonds is 5. The molecule has 0 saturated carbocycles. The smallest absolute Gasteiger partial charge is 0.231 e. The Balaban J connectivity index is 1.61. The Morgan fingerprint density at radius 2 is 2.05 bits per heavy atom. The van der Waals surface area contributed by atoms with E-state index in [4.69, 9.17) is 5.73 Å². The van der Waals surface area contributed by atoms with E-state index < -0.39 is 0 Å². The number of aryl methyl sites for hydroxylation is 1. The van der Waals surface area contributed by atoms with Crippen molar-refractivity contribution in [1.82, 2.24) is 24.7 Å². The third-order valence-corrected chi connectivity index (χ3v) is 3.48. The maximum atomic E-state index is 5.77. The summed E-state index contributed by atoms with van der Waals surface area (Å²) in [5, 5.41) is 7.34. The Morgan fingerprint density at radius 3 is 2.76 bits per heavy atom. The largest absolute Gasteiger partial charge is 0.368 e. The summed E-state index contributed by atoms with van der Waals surface area (Å²) >= 11 is 0. The number of hydrogen-bond donors (Lipinski definition) is 2. The molecule has 2 aromatic rings. The monoisotopic (exact) mass is 288 g/mol. The van der Waals surface area contributed by atoms with Gasteiger partial charge >= 0.3 is 0 Å². The summed E-state index contributed by atoms with van der Waals surface area (Å²) in [6.07, 6.45) is 7.07. The van der Waals surface area contributed by atoms with E-state index in [1.165, 1.54) is 18.4 Å². The fourth-order valence-electron chi connectivity index (χ4n) is 2.44. The average molecular weight is 288 g/mol. The van der Waals surface area contributed by atoms with Crippen LogP contribution < -0.4 is 16.0 Å². The van der Waals surface area contributed by atoms with E-state index in [0.717, 1.165) is 26.1 Å². The highest BCUT2D eigenvalue weighted by molar-refractivity contribution is 5.42. The molecule has 3 N–H and O–H groups in total. The summed E-state index contributed by atoms with van der Waals surface area (Å²) in [6.45, 7) is 2.70. The summed E-state index contributed by atoms with van der Waals surface area (Å²) < 4.78 is 1.79. The maximum absolute atomic E-state index is 5.77. The predicted molar refractivity (Wildman–Crippen MR) is 81.1 cm³/mol. The molecule has 0 aromatic carbocycles. The van der Waals surface area contributed by atoms with E-state index in [1.807, 2.05) is 19.4 Å². The third-order valence-electron chi connectivity index (χ3n) is 3.48. The Labute approximate surface area is 123 Å². The van der Waals surface area contributed by atoms with Gasteiger partial charge in [-0.1, -0.05) is 0 Å². The van der Waals surface area contributed by atoms with Gasteiger partial charge in [0.2, 0.25) is 17.8 Å². The van der Waals surface area contributed by atoms with Gasteiger partial charge in [0.1, 0.15) is 0 Å². The number of nitrogens with zero attached hydrogens (tertiary/aromatic N) is 6. The molecular formula is C13H20N8. The lowest BCUT2D eigenvalue weighted by molar-refractivity contribution is 0.766. The van der Waals surface area contributed by atoms with E-state index in [2.05, 4.69) is 30.3 Å². The molecule has 1 fully saturated rings. The summed E-state index contributed by atoms with van der Waals surface area (Å²) in [7, 11) is 1.91. The second-order valence-corrected chi connectivity index (χ2v) is 5.21. The summed E-state index contributed by atoms with van der Waals surface area (Å²) in [6, 6.07) is 0. The second kappa shape index (κ2) is 5.94. The highest BCUT2D eigenvalue weighted by atomic mass is 15.3. The topological polar surface area (TPSA) is 97.8 Å². The molecule has 1 aliphatic heterocycles. The van der Waals surface area contributed by atoms with Crippen LogP contribution in [0.15, 0.2) is 12.4 Å². The number of anilines is 3. The van der Waals surface area contributed by atoms with E-state index in [-0.39, 0.29) is 5.95 Å². The molecule has 0 aliphatic carbocycles. The van der Waals surface area contributed by atoms with E-state index in [9.17, 15) is 0 Å². The molecule has 0 radical (unpaired) electrons. The van der Waals surface area contributed by atoms with Gasteiger partial charge in [0, 0.05) is 32.9 Å². The number of aromatic nitrogens is 5. The Morgan fingerprint density at radius 1 is 1.24 bits per heavy atom. The predicted octanol–water partition coefficient (Wildman–Crippen LogP) is 0.442. The zero-order valence-corrected chi connectivity index (χ0v) is 12.2. The molecule has 1 saturated heterocycles. The fourth-order valence-corrected chi connectivity index (χ4v) is 2.44. The number of nitrogens with two attached hydrogens (primary N) is 1. The molecule has 2 aromatic heterocycles. The first kappa shape index (κ1) is 13.6. The number of nitrogen functional groups attached to an aromatic ring is 1. The molecule has 8 nitrogen and oxygen atoms in total. The van der Waals surface area contributed by atoms with E-state index in [1.54, 1.807) is 4.68 Å². The molecule has 0 spiro atoms. The molecule has 3 rings (SSSR count). The van der Waals surface area contributed by atoms with Gasteiger partial charge in [0.25, 0.3) is 0 Å². The lowest BCUT2D eigenvalue weighted by Gasteiger charge is -2.15. The van der Waals surface area contributed by atoms with Crippen LogP contribution in [0.5, 0.6) is 0 Å². The fraction of sp³-hybridized carbons (Fsp3) is 0.538. The molecule has 3 heterocycles. The lowest BCUT2D eigenvalue weighted by Crippen LogP contribution is -2.22. The van der Waals surface area contributed by atoms with Crippen molar-refractivity contribution in [2.45, 2.75) is 19.3 Å². The van der Waals surface area contributed by atoms with Crippen LogP contribution in [0.4, 0.5) is 17.8 Å². The van der Waals surface area contributed by atoms with Crippen LogP contribution in [0, 0.1) is 0 Å². The van der Waals surface area contributed by atoms with Crippen molar-refractivity contribution in [3.05, 3.63) is 18.0 Å². The molecule has 0 amide bonds. The van der Waals surface area contributed by atoms with Gasteiger partial charge < -0.3 is 16.0 Å². The van der Waals surface area contributed by atoms with Crippen molar-refractivity contribution >= 4 is 17.8 Å².